The molecule has 0 radical (unpaired) electrons. The van der Waals surface area contributed by atoms with Crippen molar-refractivity contribution in [1.29, 1.82) is 0 Å². The molecule has 1 heterocycles. The van der Waals surface area contributed by atoms with Crippen LogP contribution in [0.2, 0.25) is 0 Å². The minimum atomic E-state index is -0.830. The Kier molecular flexibility index (Phi) is 3.50. The summed E-state index contributed by atoms with van der Waals surface area (Å²) in [7, 11) is 1.94. The number of imidazole rings is 1. The van der Waals surface area contributed by atoms with Crippen LogP contribution >= 0.6 is 0 Å². The summed E-state index contributed by atoms with van der Waals surface area (Å²) in [6, 6.07) is 0. The first-order valence-electron chi connectivity index (χ1n) is 5.41. The number of carboxylic acid groups (broad SMARTS) is 1. The van der Waals surface area contributed by atoms with Gasteiger partial charge in [0.2, 0.25) is 0 Å². The number of hydrogen-bond donors (Lipinski definition) is 1. The van der Waals surface area contributed by atoms with Gasteiger partial charge in [-0.25, -0.2) is 13.9 Å². The van der Waals surface area contributed by atoms with Crippen molar-refractivity contribution in [2.24, 2.45) is 7.05 Å². The summed E-state index contributed by atoms with van der Waals surface area (Å²) in [5, 5.41) is 9.21. The van der Waals surface area contributed by atoms with Crippen molar-refractivity contribution in [2.45, 2.75) is 40.2 Å². The fourth-order valence-electron chi connectivity index (χ4n) is 2.19. The van der Waals surface area contributed by atoms with E-state index in [1.807, 2.05) is 37.0 Å². The van der Waals surface area contributed by atoms with Gasteiger partial charge in [-0.3, -0.25) is 0 Å². The molecule has 0 amide bonds. The Morgan fingerprint density at radius 3 is 2.27 bits per heavy atom. The van der Waals surface area contributed by atoms with Crippen LogP contribution in [0.3, 0.4) is 0 Å². The normalized spacial score (nSPS) is 10.7. The number of carbonyl (C=O) groups is 1. The molecule has 0 aromatic carbocycles. The predicted molar refractivity (Wildman–Crippen MR) is 57.0 cm³/mol. The van der Waals surface area contributed by atoms with Gasteiger partial charge in [-0.15, -0.1) is 0 Å². The van der Waals surface area contributed by atoms with Crippen LogP contribution in [0.15, 0.2) is 0 Å². The van der Waals surface area contributed by atoms with Crippen LogP contribution in [-0.2, 0) is 26.4 Å². The van der Waals surface area contributed by atoms with Gasteiger partial charge in [0.1, 0.15) is 0 Å². The van der Waals surface area contributed by atoms with E-state index in [1.54, 1.807) is 0 Å². The van der Waals surface area contributed by atoms with Gasteiger partial charge in [-0.05, 0) is 6.92 Å². The standard InChI is InChI=1S/C11H18N2O2/c1-5-8-10(11(14)15)13(7-3)9(6-2)12(8)4/h5-7H2,1-4H3/p+1. The first-order valence-corrected chi connectivity index (χ1v) is 5.41. The Hall–Kier alpha value is -1.32. The third kappa shape index (κ3) is 1.76. The quantitative estimate of drug-likeness (QED) is 0.759. The van der Waals surface area contributed by atoms with Gasteiger partial charge in [-0.2, -0.15) is 0 Å². The van der Waals surface area contributed by atoms with Crippen molar-refractivity contribution in [3.05, 3.63) is 17.2 Å². The van der Waals surface area contributed by atoms with Crippen LogP contribution in [0.5, 0.6) is 0 Å². The Bertz CT molecular complexity index is 380. The molecular weight excluding hydrogens is 192 g/mol. The van der Waals surface area contributed by atoms with Gasteiger partial charge in [0, 0.05) is 12.8 Å². The number of aromatic carboxylic acids is 1. The van der Waals surface area contributed by atoms with E-state index in [2.05, 4.69) is 0 Å². The van der Waals surface area contributed by atoms with E-state index in [0.29, 0.717) is 12.2 Å². The van der Waals surface area contributed by atoms with E-state index in [0.717, 1.165) is 24.4 Å². The molecule has 84 valence electrons. The third-order valence-electron chi connectivity index (χ3n) is 2.82. The van der Waals surface area contributed by atoms with Gasteiger partial charge in [-0.1, -0.05) is 13.8 Å². The molecule has 0 saturated carbocycles. The molecule has 1 aromatic heterocycles. The highest BCUT2D eigenvalue weighted by molar-refractivity contribution is 5.86. The minimum absolute atomic E-state index is 0.444. The van der Waals surface area contributed by atoms with Crippen LogP contribution in [0.25, 0.3) is 0 Å². The topological polar surface area (TPSA) is 46.1 Å². The van der Waals surface area contributed by atoms with Crippen molar-refractivity contribution in [3.8, 4) is 0 Å². The van der Waals surface area contributed by atoms with Crippen molar-refractivity contribution in [3.63, 3.8) is 0 Å². The molecule has 0 fully saturated rings. The van der Waals surface area contributed by atoms with Gasteiger partial charge in [0.15, 0.2) is 5.69 Å². The lowest BCUT2D eigenvalue weighted by Crippen LogP contribution is -2.36. The molecule has 0 atom stereocenters. The highest BCUT2D eigenvalue weighted by Gasteiger charge is 2.29. The van der Waals surface area contributed by atoms with Gasteiger partial charge >= 0.3 is 5.97 Å². The number of nitrogens with zero attached hydrogens (tertiary/aromatic N) is 2. The van der Waals surface area contributed by atoms with Gasteiger partial charge in [0.25, 0.3) is 11.5 Å². The number of carboxylic acids is 1. The molecule has 0 aliphatic heterocycles. The van der Waals surface area contributed by atoms with E-state index < -0.39 is 5.97 Å². The first-order chi connectivity index (χ1) is 7.08. The zero-order valence-electron chi connectivity index (χ0n) is 9.87. The maximum absolute atomic E-state index is 11.2. The summed E-state index contributed by atoms with van der Waals surface area (Å²) in [5.74, 6) is 0.246. The smallest absolute Gasteiger partial charge is 0.380 e. The summed E-state index contributed by atoms with van der Waals surface area (Å²) in [5.41, 5.74) is 1.35. The maximum atomic E-state index is 11.2. The van der Waals surface area contributed by atoms with Crippen LogP contribution in [-0.4, -0.2) is 15.6 Å². The van der Waals surface area contributed by atoms with Crippen LogP contribution in [0, 0.1) is 0 Å². The summed E-state index contributed by atoms with van der Waals surface area (Å²) in [6.07, 6.45) is 1.60. The third-order valence-corrected chi connectivity index (χ3v) is 2.82. The predicted octanol–water partition coefficient (Wildman–Crippen LogP) is 1.16. The molecular formula is C11H19N2O2+. The lowest BCUT2D eigenvalue weighted by Gasteiger charge is -1.97. The Morgan fingerprint density at radius 1 is 1.33 bits per heavy atom. The Balaban J connectivity index is 3.51. The van der Waals surface area contributed by atoms with Crippen molar-refractivity contribution in [2.75, 3.05) is 0 Å². The lowest BCUT2D eigenvalue weighted by molar-refractivity contribution is -0.685. The molecule has 15 heavy (non-hydrogen) atoms. The monoisotopic (exact) mass is 211 g/mol. The fourth-order valence-corrected chi connectivity index (χ4v) is 2.19. The summed E-state index contributed by atoms with van der Waals surface area (Å²) >= 11 is 0. The Labute approximate surface area is 90.2 Å². The summed E-state index contributed by atoms with van der Waals surface area (Å²) in [4.78, 5) is 11.2. The number of aromatic nitrogens is 2. The highest BCUT2D eigenvalue weighted by Crippen LogP contribution is 2.11. The Morgan fingerprint density at radius 2 is 1.93 bits per heavy atom. The van der Waals surface area contributed by atoms with E-state index in [-0.39, 0.29) is 0 Å². The van der Waals surface area contributed by atoms with E-state index in [4.69, 9.17) is 0 Å². The second-order valence-electron chi connectivity index (χ2n) is 3.53. The van der Waals surface area contributed by atoms with E-state index >= 15 is 0 Å². The average Bonchev–Trinajstić information content (AvgIpc) is 2.49. The fraction of sp³-hybridized carbons (Fsp3) is 0.636. The van der Waals surface area contributed by atoms with Crippen molar-refractivity contribution in [1.82, 2.24) is 4.57 Å². The number of hydrogen-bond acceptors (Lipinski definition) is 1. The summed E-state index contributed by atoms with van der Waals surface area (Å²) in [6.45, 7) is 6.72. The molecule has 0 aliphatic rings. The van der Waals surface area contributed by atoms with E-state index in [9.17, 15) is 9.90 Å². The molecule has 1 rings (SSSR count). The molecule has 0 spiro atoms. The lowest BCUT2D eigenvalue weighted by atomic mass is 10.2. The minimum Gasteiger partial charge on any atom is -0.475 e. The SMILES string of the molecule is CCc1c(C(=O)O)n(CC)c(CC)[n+]1C. The average molecular weight is 211 g/mol. The molecule has 0 bridgehead atoms. The van der Waals surface area contributed by atoms with Crippen molar-refractivity contribution < 1.29 is 14.5 Å². The zero-order valence-corrected chi connectivity index (χ0v) is 9.87. The molecule has 1 N–H and O–H groups in total. The van der Waals surface area contributed by atoms with Crippen molar-refractivity contribution >= 4 is 5.97 Å². The van der Waals surface area contributed by atoms with Crippen LogP contribution < -0.4 is 4.57 Å². The summed E-state index contributed by atoms with van der Waals surface area (Å²) < 4.78 is 3.90. The molecule has 0 saturated heterocycles. The highest BCUT2D eigenvalue weighted by atomic mass is 16.4. The number of rotatable bonds is 4. The zero-order chi connectivity index (χ0) is 11.6. The molecule has 4 nitrogen and oxygen atoms in total. The maximum Gasteiger partial charge on any atom is 0.380 e. The second-order valence-corrected chi connectivity index (χ2v) is 3.53. The molecule has 4 heteroatoms. The largest absolute Gasteiger partial charge is 0.475 e. The van der Waals surface area contributed by atoms with Gasteiger partial charge in [0.05, 0.1) is 13.6 Å². The molecule has 0 aliphatic carbocycles. The van der Waals surface area contributed by atoms with E-state index in [1.165, 1.54) is 0 Å². The molecule has 0 unspecified atom stereocenters. The second kappa shape index (κ2) is 4.47. The first kappa shape index (κ1) is 11.8. The molecule has 1 aromatic rings. The van der Waals surface area contributed by atoms with Crippen LogP contribution in [0.4, 0.5) is 0 Å². The van der Waals surface area contributed by atoms with Gasteiger partial charge < -0.3 is 5.11 Å². The van der Waals surface area contributed by atoms with Crippen LogP contribution in [0.1, 0.15) is 42.8 Å².